The zero-order valence-corrected chi connectivity index (χ0v) is 22.2. The van der Waals surface area contributed by atoms with E-state index in [1.165, 1.54) is 40.5 Å². The lowest BCUT2D eigenvalue weighted by molar-refractivity contribution is 0.0936. The highest BCUT2D eigenvalue weighted by Crippen LogP contribution is 2.24. The molecule has 2 atom stereocenters. The van der Waals surface area contributed by atoms with Crippen molar-refractivity contribution in [1.82, 2.24) is 30.8 Å². The smallest absolute Gasteiger partial charge is 0.288 e. The van der Waals surface area contributed by atoms with Crippen LogP contribution in [0.15, 0.2) is 53.3 Å². The highest BCUT2D eigenvalue weighted by atomic mass is 32.2. The Morgan fingerprint density at radius 3 is 2.39 bits per heavy atom. The van der Waals surface area contributed by atoms with E-state index in [2.05, 4.69) is 40.5 Å². The van der Waals surface area contributed by atoms with Crippen molar-refractivity contribution in [1.29, 1.82) is 0 Å². The maximum Gasteiger partial charge on any atom is 0.288 e. The first-order chi connectivity index (χ1) is 18.2. The molecular formula is C23H28N8O6S. The van der Waals surface area contributed by atoms with Gasteiger partial charge in [-0.05, 0) is 37.6 Å². The van der Waals surface area contributed by atoms with Gasteiger partial charge in [0.25, 0.3) is 15.9 Å². The normalized spacial score (nSPS) is 13.2. The van der Waals surface area contributed by atoms with E-state index < -0.39 is 27.3 Å². The van der Waals surface area contributed by atoms with Gasteiger partial charge in [-0.15, -0.1) is 4.40 Å². The largest absolute Gasteiger partial charge is 0.481 e. The van der Waals surface area contributed by atoms with Crippen LogP contribution in [0.2, 0.25) is 0 Å². The molecule has 0 spiro atoms. The summed E-state index contributed by atoms with van der Waals surface area (Å²) in [5.41, 5.74) is 5.96. The number of sulfonamides is 1. The van der Waals surface area contributed by atoms with Crippen LogP contribution >= 0.6 is 0 Å². The van der Waals surface area contributed by atoms with Gasteiger partial charge in [0.15, 0.2) is 5.82 Å². The third kappa shape index (κ3) is 7.10. The molecule has 0 aromatic carbocycles. The van der Waals surface area contributed by atoms with Crippen molar-refractivity contribution in [2.45, 2.75) is 25.2 Å². The minimum absolute atomic E-state index is 0.0161. The first-order valence-electron chi connectivity index (χ1n) is 11.2. The number of carbonyl (C=O) groups is 1. The number of carbonyl (C=O) groups excluding carboxylic acids is 1. The summed E-state index contributed by atoms with van der Waals surface area (Å²) in [4.78, 5) is 29.1. The van der Waals surface area contributed by atoms with Crippen LogP contribution in [0.1, 0.15) is 34.9 Å². The number of guanidine groups is 1. The van der Waals surface area contributed by atoms with Gasteiger partial charge in [-0.3, -0.25) is 15.6 Å². The zero-order chi connectivity index (χ0) is 27.7. The predicted octanol–water partition coefficient (Wildman–Crippen LogP) is 1.40. The van der Waals surface area contributed by atoms with Crippen LogP contribution in [0, 0.1) is 6.92 Å². The summed E-state index contributed by atoms with van der Waals surface area (Å²) in [5.74, 6) is -0.455. The second-order valence-corrected chi connectivity index (χ2v) is 9.72. The molecule has 3 rings (SSSR count). The first kappa shape index (κ1) is 28.2. The molecule has 3 aromatic rings. The first-order valence-corrected chi connectivity index (χ1v) is 12.7. The Kier molecular flexibility index (Phi) is 9.45. The minimum Gasteiger partial charge on any atom is -0.481 e. The van der Waals surface area contributed by atoms with Crippen LogP contribution in [0.5, 0.6) is 11.8 Å². The molecule has 0 bridgehead atoms. The Morgan fingerprint density at radius 1 is 1.00 bits per heavy atom. The van der Waals surface area contributed by atoms with Crippen molar-refractivity contribution in [2.75, 3.05) is 26.6 Å². The Morgan fingerprint density at radius 2 is 1.74 bits per heavy atom. The molecule has 3 heterocycles. The molecule has 15 heteroatoms. The molecule has 0 radical (unpaired) electrons. The molecule has 14 nitrogen and oxygen atoms in total. The lowest BCUT2D eigenvalue weighted by atomic mass is 10.2. The van der Waals surface area contributed by atoms with E-state index in [4.69, 9.17) is 14.2 Å². The van der Waals surface area contributed by atoms with E-state index >= 15 is 0 Å². The summed E-state index contributed by atoms with van der Waals surface area (Å²) >= 11 is 0. The Labute approximate surface area is 219 Å². The molecule has 0 fully saturated rings. The van der Waals surface area contributed by atoms with Gasteiger partial charge in [0, 0.05) is 31.8 Å². The quantitative estimate of drug-likeness (QED) is 0.201. The number of nitrogens with zero attached hydrogens (tertiary/aromatic N) is 5. The fourth-order valence-corrected chi connectivity index (χ4v) is 4.17. The summed E-state index contributed by atoms with van der Waals surface area (Å²) in [7, 11) is -0.116. The van der Waals surface area contributed by atoms with E-state index in [1.54, 1.807) is 36.7 Å². The lowest BCUT2D eigenvalue weighted by Crippen LogP contribution is -2.46. The molecule has 0 aliphatic heterocycles. The summed E-state index contributed by atoms with van der Waals surface area (Å²) in [6.45, 7) is 3.22. The number of hydrazine groups is 1. The van der Waals surface area contributed by atoms with Gasteiger partial charge in [-0.25, -0.2) is 28.4 Å². The number of nitrogens with one attached hydrogen (secondary N) is 3. The number of hydrogen-bond donors (Lipinski definition) is 3. The molecule has 1 amide bonds. The predicted molar refractivity (Wildman–Crippen MR) is 138 cm³/mol. The fourth-order valence-electron chi connectivity index (χ4n) is 3.11. The molecule has 0 aliphatic rings. The third-order valence-electron chi connectivity index (χ3n) is 5.10. The molecule has 0 unspecified atom stereocenters. The minimum atomic E-state index is -4.28. The number of anilines is 1. The Bertz CT molecular complexity index is 1380. The van der Waals surface area contributed by atoms with Gasteiger partial charge < -0.3 is 19.5 Å². The van der Waals surface area contributed by atoms with Crippen molar-refractivity contribution in [3.05, 3.63) is 66.0 Å². The summed E-state index contributed by atoms with van der Waals surface area (Å²) in [5, 5.41) is 1.58. The average molecular weight is 545 g/mol. The van der Waals surface area contributed by atoms with Crippen LogP contribution < -0.4 is 25.6 Å². The van der Waals surface area contributed by atoms with Gasteiger partial charge in [0.1, 0.15) is 22.7 Å². The molecule has 3 N–H and O–H groups in total. The van der Waals surface area contributed by atoms with Gasteiger partial charge in [0.05, 0.1) is 14.2 Å². The zero-order valence-electron chi connectivity index (χ0n) is 21.4. The lowest BCUT2D eigenvalue weighted by Gasteiger charge is -2.21. The molecule has 202 valence electrons. The fraction of sp³-hybridized carbons (Fsp3) is 0.304. The number of pyridine rings is 2. The molecular weight excluding hydrogens is 516 g/mol. The van der Waals surface area contributed by atoms with Crippen molar-refractivity contribution in [3.63, 3.8) is 0 Å². The van der Waals surface area contributed by atoms with Crippen molar-refractivity contribution in [3.8, 4) is 11.8 Å². The van der Waals surface area contributed by atoms with Crippen LogP contribution in [-0.4, -0.2) is 66.8 Å². The molecule has 0 aliphatic carbocycles. The molecule has 38 heavy (non-hydrogen) atoms. The number of aromatic nitrogens is 4. The number of methoxy groups -OCH3 is 3. The van der Waals surface area contributed by atoms with Crippen LogP contribution in [0.25, 0.3) is 0 Å². The van der Waals surface area contributed by atoms with Crippen molar-refractivity contribution in [2.24, 2.45) is 4.40 Å². The van der Waals surface area contributed by atoms with E-state index in [9.17, 15) is 13.2 Å². The van der Waals surface area contributed by atoms with Gasteiger partial charge >= 0.3 is 0 Å². The Balaban J connectivity index is 1.92. The van der Waals surface area contributed by atoms with Crippen LogP contribution in [0.3, 0.4) is 0 Å². The maximum atomic E-state index is 13.3. The topological polar surface area (TPSA) is 179 Å². The number of hydrogen-bond acceptors (Lipinski definition) is 10. The number of aryl methyl sites for hydroxylation is 1. The van der Waals surface area contributed by atoms with Crippen molar-refractivity contribution >= 4 is 27.6 Å². The molecule has 3 aromatic heterocycles. The van der Waals surface area contributed by atoms with Crippen molar-refractivity contribution < 1.29 is 27.4 Å². The number of rotatable bonds is 9. The number of ether oxygens (including phenoxy) is 3. The highest BCUT2D eigenvalue weighted by Gasteiger charge is 2.33. The van der Waals surface area contributed by atoms with E-state index in [0.717, 1.165) is 5.56 Å². The maximum absolute atomic E-state index is 13.3. The summed E-state index contributed by atoms with van der Waals surface area (Å²) < 4.78 is 46.2. The van der Waals surface area contributed by atoms with E-state index in [1.807, 2.05) is 6.92 Å². The summed E-state index contributed by atoms with van der Waals surface area (Å²) in [6.07, 6.45) is 3.59. The van der Waals surface area contributed by atoms with Gasteiger partial charge in [-0.1, -0.05) is 6.07 Å². The Hall–Kier alpha value is -4.37. The SMILES string of the molecule is COc1cccc(C(=O)NNC(=NS(=O)(=O)[C@@H](C)[C@H](OC)c2ncc(C)cn2)Nc2cccnc2OC)n1. The van der Waals surface area contributed by atoms with Crippen LogP contribution in [0.4, 0.5) is 5.69 Å². The monoisotopic (exact) mass is 544 g/mol. The molecule has 0 saturated heterocycles. The standard InChI is InChI=1S/C23H28N8O6S/c1-14-12-25-20(26-13-14)19(36-4)15(2)38(33,34)31-23(28-17-9-7-11-24-22(17)37-5)30-29-21(32)16-8-6-10-18(27-16)35-3/h6-13,15,19H,1-5H3,(H,29,32)(H2,28,30,31)/t15-,19-/m0/s1. The average Bonchev–Trinajstić information content (AvgIpc) is 2.93. The highest BCUT2D eigenvalue weighted by molar-refractivity contribution is 7.90. The number of amides is 1. The van der Waals surface area contributed by atoms with Gasteiger partial charge in [0.2, 0.25) is 17.7 Å². The van der Waals surface area contributed by atoms with Crippen LogP contribution in [-0.2, 0) is 14.8 Å². The van der Waals surface area contributed by atoms with Gasteiger partial charge in [-0.2, -0.15) is 0 Å². The molecule has 0 saturated carbocycles. The van der Waals surface area contributed by atoms with E-state index in [0.29, 0.717) is 0 Å². The second-order valence-electron chi connectivity index (χ2n) is 7.76. The second kappa shape index (κ2) is 12.7. The third-order valence-corrected chi connectivity index (χ3v) is 6.73. The van der Waals surface area contributed by atoms with E-state index in [-0.39, 0.29) is 34.9 Å². The summed E-state index contributed by atoms with van der Waals surface area (Å²) in [6, 6.07) is 7.80.